The summed E-state index contributed by atoms with van der Waals surface area (Å²) in [6.45, 7) is 5.88. The van der Waals surface area contributed by atoms with Crippen molar-refractivity contribution in [3.05, 3.63) is 66.9 Å². The molecule has 0 unspecified atom stereocenters. The SMILES string of the molecule is C=C(O)CSc1cc(NS(=O)(=O)c2cc3cc(OCC)ccc3s2)c2ccccc2c1O. The number of benzene rings is 3. The van der Waals surface area contributed by atoms with Crippen LogP contribution in [0.2, 0.25) is 0 Å². The average Bonchev–Trinajstić information content (AvgIpc) is 3.19. The molecule has 6 nitrogen and oxygen atoms in total. The number of phenols is 1. The van der Waals surface area contributed by atoms with Gasteiger partial charge in [0.1, 0.15) is 15.7 Å². The van der Waals surface area contributed by atoms with Gasteiger partial charge in [-0.05, 0) is 42.6 Å². The second-order valence-corrected chi connectivity index (χ2v) is 11.0. The van der Waals surface area contributed by atoms with Crippen molar-refractivity contribution in [2.75, 3.05) is 17.1 Å². The third-order valence-corrected chi connectivity index (χ3v) is 8.72. The predicted molar refractivity (Wildman–Crippen MR) is 132 cm³/mol. The monoisotopic (exact) mass is 487 g/mol. The lowest BCUT2D eigenvalue weighted by atomic mass is 10.1. The first-order valence-electron chi connectivity index (χ1n) is 9.72. The number of hydrogen-bond acceptors (Lipinski definition) is 7. The zero-order chi connectivity index (χ0) is 22.9. The highest BCUT2D eigenvalue weighted by Gasteiger charge is 2.21. The van der Waals surface area contributed by atoms with Gasteiger partial charge in [-0.3, -0.25) is 4.72 Å². The Kier molecular flexibility index (Phi) is 6.23. The first-order chi connectivity index (χ1) is 15.3. The Morgan fingerprint density at radius 1 is 1.16 bits per heavy atom. The smallest absolute Gasteiger partial charge is 0.271 e. The van der Waals surface area contributed by atoms with Gasteiger partial charge in [0.25, 0.3) is 10.0 Å². The van der Waals surface area contributed by atoms with Crippen LogP contribution in [0, 0.1) is 0 Å². The molecule has 0 fully saturated rings. The number of nitrogens with one attached hydrogen (secondary N) is 1. The van der Waals surface area contributed by atoms with Crippen LogP contribution in [0.5, 0.6) is 11.5 Å². The normalized spacial score (nSPS) is 11.7. The summed E-state index contributed by atoms with van der Waals surface area (Å²) in [5.41, 5.74) is 0.344. The van der Waals surface area contributed by atoms with Crippen LogP contribution in [0.4, 0.5) is 5.69 Å². The standard InChI is InChI=1S/C23H21NO5S3/c1-3-29-16-8-9-20-15(10-16)11-22(31-20)32(27,28)24-19-12-21(30-13-14(2)25)23(26)18-7-5-4-6-17(18)19/h4-12,24-26H,2-3,13H2,1H3. The molecule has 9 heteroatoms. The molecule has 0 bridgehead atoms. The minimum absolute atomic E-state index is 0.0279. The van der Waals surface area contributed by atoms with Crippen LogP contribution in [0.1, 0.15) is 6.92 Å². The van der Waals surface area contributed by atoms with Crippen molar-refractivity contribution in [1.82, 2.24) is 0 Å². The van der Waals surface area contributed by atoms with Crippen molar-refractivity contribution < 1.29 is 23.4 Å². The highest BCUT2D eigenvalue weighted by molar-refractivity contribution is 7.99. The number of aliphatic hydroxyl groups is 1. The van der Waals surface area contributed by atoms with Crippen molar-refractivity contribution in [3.8, 4) is 11.5 Å². The molecule has 0 aliphatic carbocycles. The molecule has 0 saturated carbocycles. The summed E-state index contributed by atoms with van der Waals surface area (Å²) < 4.78 is 35.7. The Morgan fingerprint density at radius 2 is 1.91 bits per heavy atom. The molecule has 0 atom stereocenters. The minimum atomic E-state index is -3.88. The quantitative estimate of drug-likeness (QED) is 0.157. The number of rotatable bonds is 8. The molecule has 0 spiro atoms. The number of aliphatic hydroxyl groups excluding tert-OH is 1. The van der Waals surface area contributed by atoms with Crippen LogP contribution < -0.4 is 9.46 Å². The minimum Gasteiger partial charge on any atom is -0.512 e. The summed E-state index contributed by atoms with van der Waals surface area (Å²) in [7, 11) is -3.88. The lowest BCUT2D eigenvalue weighted by Crippen LogP contribution is -2.12. The highest BCUT2D eigenvalue weighted by Crippen LogP contribution is 2.41. The summed E-state index contributed by atoms with van der Waals surface area (Å²) in [5, 5.41) is 21.9. The number of thioether (sulfide) groups is 1. The molecule has 4 aromatic rings. The van der Waals surface area contributed by atoms with Crippen molar-refractivity contribution in [2.24, 2.45) is 0 Å². The lowest BCUT2D eigenvalue weighted by molar-refractivity contribution is 0.341. The van der Waals surface area contributed by atoms with Gasteiger partial charge < -0.3 is 14.9 Å². The van der Waals surface area contributed by atoms with Crippen LogP contribution >= 0.6 is 23.1 Å². The first-order valence-corrected chi connectivity index (χ1v) is 13.0. The summed E-state index contributed by atoms with van der Waals surface area (Å²) in [6.07, 6.45) is 0. The molecular weight excluding hydrogens is 466 g/mol. The average molecular weight is 488 g/mol. The number of phenolic OH excluding ortho intramolecular Hbond substituents is 1. The van der Waals surface area contributed by atoms with E-state index in [0.29, 0.717) is 33.7 Å². The number of ether oxygens (including phenoxy) is 1. The maximum atomic E-state index is 13.2. The number of thiophene rings is 1. The molecule has 0 aliphatic rings. The third kappa shape index (κ3) is 4.50. The van der Waals surface area contributed by atoms with Crippen LogP contribution in [-0.4, -0.2) is 31.0 Å². The second kappa shape index (κ2) is 8.93. The predicted octanol–water partition coefficient (Wildman–Crippen LogP) is 6.12. The fourth-order valence-electron chi connectivity index (χ4n) is 3.27. The Bertz CT molecular complexity index is 1430. The number of aromatic hydroxyl groups is 1. The van der Waals surface area contributed by atoms with Gasteiger partial charge >= 0.3 is 0 Å². The fourth-order valence-corrected chi connectivity index (χ4v) is 6.49. The van der Waals surface area contributed by atoms with Crippen molar-refractivity contribution in [1.29, 1.82) is 0 Å². The second-order valence-electron chi connectivity index (χ2n) is 6.97. The van der Waals surface area contributed by atoms with E-state index in [1.165, 1.54) is 23.1 Å². The Morgan fingerprint density at radius 3 is 2.62 bits per heavy atom. The van der Waals surface area contributed by atoms with Crippen molar-refractivity contribution in [2.45, 2.75) is 16.0 Å². The van der Waals surface area contributed by atoms with Crippen LogP contribution in [0.3, 0.4) is 0 Å². The molecule has 1 heterocycles. The van der Waals surface area contributed by atoms with E-state index < -0.39 is 10.0 Å². The first kappa shape index (κ1) is 22.3. The Balaban J connectivity index is 1.75. The maximum absolute atomic E-state index is 13.2. The number of fused-ring (bicyclic) bond motifs is 2. The molecule has 166 valence electrons. The topological polar surface area (TPSA) is 95.9 Å². The molecular formula is C23H21NO5S3. The van der Waals surface area contributed by atoms with E-state index in [1.807, 2.05) is 25.1 Å². The zero-order valence-corrected chi connectivity index (χ0v) is 19.6. The van der Waals surface area contributed by atoms with Gasteiger partial charge in [-0.1, -0.05) is 30.8 Å². The Hall–Kier alpha value is -2.88. The largest absolute Gasteiger partial charge is 0.512 e. The van der Waals surface area contributed by atoms with Gasteiger partial charge in [0.15, 0.2) is 0 Å². The van der Waals surface area contributed by atoms with Gasteiger partial charge in [0.05, 0.1) is 28.7 Å². The van der Waals surface area contributed by atoms with Crippen molar-refractivity contribution >= 4 is 59.7 Å². The highest BCUT2D eigenvalue weighted by atomic mass is 32.2. The van der Waals surface area contributed by atoms with Crippen molar-refractivity contribution in [3.63, 3.8) is 0 Å². The molecule has 0 aliphatic heterocycles. The molecule has 4 rings (SSSR count). The molecule has 0 saturated heterocycles. The molecule has 1 aromatic heterocycles. The van der Waals surface area contributed by atoms with Gasteiger partial charge in [0.2, 0.25) is 0 Å². The molecule has 0 amide bonds. The summed E-state index contributed by atoms with van der Waals surface area (Å²) in [5.74, 6) is 0.851. The molecule has 3 aromatic carbocycles. The van der Waals surface area contributed by atoms with E-state index >= 15 is 0 Å². The van der Waals surface area contributed by atoms with E-state index in [1.54, 1.807) is 36.4 Å². The van der Waals surface area contributed by atoms with E-state index in [0.717, 1.165) is 10.1 Å². The maximum Gasteiger partial charge on any atom is 0.271 e. The summed E-state index contributed by atoms with van der Waals surface area (Å²) in [6, 6.07) is 15.7. The summed E-state index contributed by atoms with van der Waals surface area (Å²) >= 11 is 2.34. The van der Waals surface area contributed by atoms with E-state index in [-0.39, 0.29) is 21.5 Å². The number of hydrogen-bond donors (Lipinski definition) is 3. The fraction of sp³-hybridized carbons (Fsp3) is 0.130. The van der Waals surface area contributed by atoms with Gasteiger partial charge in [-0.2, -0.15) is 0 Å². The van der Waals surface area contributed by atoms with Gasteiger partial charge in [0, 0.05) is 15.5 Å². The van der Waals surface area contributed by atoms with Gasteiger partial charge in [-0.25, -0.2) is 8.42 Å². The lowest BCUT2D eigenvalue weighted by Gasteiger charge is -2.14. The molecule has 3 N–H and O–H groups in total. The van der Waals surface area contributed by atoms with E-state index in [9.17, 15) is 18.6 Å². The van der Waals surface area contributed by atoms with E-state index in [2.05, 4.69) is 11.3 Å². The van der Waals surface area contributed by atoms with E-state index in [4.69, 9.17) is 4.74 Å². The Labute approximate surface area is 194 Å². The van der Waals surface area contributed by atoms with Gasteiger partial charge in [-0.15, -0.1) is 23.1 Å². The number of sulfonamides is 1. The van der Waals surface area contributed by atoms with Crippen LogP contribution in [-0.2, 0) is 10.0 Å². The number of anilines is 1. The molecule has 32 heavy (non-hydrogen) atoms. The van der Waals surface area contributed by atoms with Crippen LogP contribution in [0.15, 0.2) is 76.0 Å². The third-order valence-electron chi connectivity index (χ3n) is 4.66. The summed E-state index contributed by atoms with van der Waals surface area (Å²) in [4.78, 5) is 0.439. The molecule has 0 radical (unpaired) electrons. The van der Waals surface area contributed by atoms with Crippen LogP contribution in [0.25, 0.3) is 20.9 Å². The zero-order valence-electron chi connectivity index (χ0n) is 17.2.